The average molecular weight is 175 g/mol. The fraction of sp³-hybridized carbons (Fsp3) is 0.111. The van der Waals surface area contributed by atoms with Crippen LogP contribution in [0, 0.1) is 11.3 Å². The molecule has 0 aliphatic heterocycles. The summed E-state index contributed by atoms with van der Waals surface area (Å²) in [4.78, 5) is 11.3. The molecule has 0 fully saturated rings. The Balaban J connectivity index is 2.78. The molecule has 1 amide bonds. The predicted molar refractivity (Wildman–Crippen MR) is 48.8 cm³/mol. The average Bonchev–Trinajstić information content (AvgIpc) is 2.15. The molecule has 0 aliphatic carbocycles. The van der Waals surface area contributed by atoms with E-state index in [4.69, 9.17) is 11.0 Å². The highest BCUT2D eigenvalue weighted by Crippen LogP contribution is 2.09. The van der Waals surface area contributed by atoms with Crippen LogP contribution in [0.1, 0.15) is 10.4 Å². The predicted octanol–water partition coefficient (Wildman–Crippen LogP) is 0.522. The van der Waals surface area contributed by atoms with Crippen LogP contribution >= 0.6 is 0 Å². The molecule has 0 aliphatic rings. The van der Waals surface area contributed by atoms with Crippen LogP contribution in [-0.2, 0) is 0 Å². The van der Waals surface area contributed by atoms with Gasteiger partial charge in [0.2, 0.25) is 0 Å². The van der Waals surface area contributed by atoms with E-state index in [0.29, 0.717) is 11.3 Å². The van der Waals surface area contributed by atoms with Gasteiger partial charge in [0.1, 0.15) is 6.54 Å². The third kappa shape index (κ3) is 2.20. The Kier molecular flexibility index (Phi) is 2.87. The molecule has 66 valence electrons. The first-order valence-electron chi connectivity index (χ1n) is 3.75. The number of carbonyl (C=O) groups is 1. The molecule has 0 atom stereocenters. The van der Waals surface area contributed by atoms with Gasteiger partial charge in [-0.15, -0.1) is 0 Å². The number of anilines is 1. The van der Waals surface area contributed by atoms with E-state index in [9.17, 15) is 4.79 Å². The summed E-state index contributed by atoms with van der Waals surface area (Å²) in [6.45, 7) is -0.00678. The maximum absolute atomic E-state index is 11.3. The molecule has 3 N–H and O–H groups in total. The fourth-order valence-corrected chi connectivity index (χ4v) is 0.919. The second kappa shape index (κ2) is 4.12. The smallest absolute Gasteiger partial charge is 0.254 e. The van der Waals surface area contributed by atoms with Gasteiger partial charge in [-0.2, -0.15) is 5.26 Å². The third-order valence-electron chi connectivity index (χ3n) is 1.53. The highest BCUT2D eigenvalue weighted by Gasteiger charge is 2.06. The highest BCUT2D eigenvalue weighted by atomic mass is 16.1. The maximum atomic E-state index is 11.3. The van der Waals surface area contributed by atoms with E-state index in [1.54, 1.807) is 24.3 Å². The summed E-state index contributed by atoms with van der Waals surface area (Å²) in [5.74, 6) is -0.320. The number of rotatable bonds is 2. The third-order valence-corrected chi connectivity index (χ3v) is 1.53. The zero-order valence-electron chi connectivity index (χ0n) is 6.95. The number of hydrogen-bond donors (Lipinski definition) is 2. The molecule has 0 radical (unpaired) electrons. The summed E-state index contributed by atoms with van der Waals surface area (Å²) in [6.07, 6.45) is 0. The van der Waals surface area contributed by atoms with Crippen molar-refractivity contribution < 1.29 is 4.79 Å². The topological polar surface area (TPSA) is 78.9 Å². The van der Waals surface area contributed by atoms with Crippen molar-refractivity contribution in [3.8, 4) is 6.07 Å². The van der Waals surface area contributed by atoms with E-state index >= 15 is 0 Å². The largest absolute Gasteiger partial charge is 0.398 e. The van der Waals surface area contributed by atoms with Crippen molar-refractivity contribution in [1.29, 1.82) is 5.26 Å². The van der Waals surface area contributed by atoms with Gasteiger partial charge in [0.15, 0.2) is 0 Å². The number of carbonyl (C=O) groups excluding carboxylic acids is 1. The quantitative estimate of drug-likeness (QED) is 0.508. The summed E-state index contributed by atoms with van der Waals surface area (Å²) in [5.41, 5.74) is 6.36. The van der Waals surface area contributed by atoms with Gasteiger partial charge in [-0.3, -0.25) is 4.79 Å². The Morgan fingerprint density at radius 3 is 2.85 bits per heavy atom. The van der Waals surface area contributed by atoms with Gasteiger partial charge in [0.25, 0.3) is 5.91 Å². The summed E-state index contributed by atoms with van der Waals surface area (Å²) in [6, 6.07) is 8.53. The zero-order chi connectivity index (χ0) is 9.68. The molecule has 0 heterocycles. The van der Waals surface area contributed by atoms with Gasteiger partial charge < -0.3 is 11.1 Å². The lowest BCUT2D eigenvalue weighted by molar-refractivity contribution is 0.0959. The highest BCUT2D eigenvalue weighted by molar-refractivity contribution is 5.99. The molecule has 13 heavy (non-hydrogen) atoms. The number of amides is 1. The van der Waals surface area contributed by atoms with E-state index in [-0.39, 0.29) is 12.5 Å². The molecule has 4 heteroatoms. The molecule has 0 aromatic heterocycles. The fourth-order valence-electron chi connectivity index (χ4n) is 0.919. The van der Waals surface area contributed by atoms with E-state index in [0.717, 1.165) is 0 Å². The normalized spacial score (nSPS) is 8.85. The number of nitrogens with one attached hydrogen (secondary N) is 1. The second-order valence-corrected chi connectivity index (χ2v) is 2.43. The van der Waals surface area contributed by atoms with E-state index in [2.05, 4.69) is 5.32 Å². The van der Waals surface area contributed by atoms with Crippen molar-refractivity contribution in [3.05, 3.63) is 29.8 Å². The molecule has 0 spiro atoms. The van der Waals surface area contributed by atoms with Crippen LogP contribution in [0.15, 0.2) is 24.3 Å². The molecule has 0 unspecified atom stereocenters. The first kappa shape index (κ1) is 9.07. The molecule has 1 aromatic rings. The van der Waals surface area contributed by atoms with Crippen LogP contribution in [0.25, 0.3) is 0 Å². The summed E-state index contributed by atoms with van der Waals surface area (Å²) >= 11 is 0. The standard InChI is InChI=1S/C9H9N3O/c10-5-6-12-9(13)7-3-1-2-4-8(7)11/h1-4H,6,11H2,(H,12,13). The van der Waals surface area contributed by atoms with E-state index in [1.165, 1.54) is 0 Å². The summed E-state index contributed by atoms with van der Waals surface area (Å²) in [7, 11) is 0. The first-order chi connectivity index (χ1) is 6.25. The minimum atomic E-state index is -0.320. The Bertz CT molecular complexity index is 354. The van der Waals surface area contributed by atoms with Crippen molar-refractivity contribution in [2.75, 3.05) is 12.3 Å². The van der Waals surface area contributed by atoms with Crippen LogP contribution in [0.3, 0.4) is 0 Å². The molecule has 1 aromatic carbocycles. The molecule has 0 saturated carbocycles. The van der Waals surface area contributed by atoms with E-state index < -0.39 is 0 Å². The van der Waals surface area contributed by atoms with Gasteiger partial charge in [0, 0.05) is 5.69 Å². The number of nitriles is 1. The number of nitrogens with two attached hydrogens (primary N) is 1. The van der Waals surface area contributed by atoms with Crippen LogP contribution in [-0.4, -0.2) is 12.5 Å². The zero-order valence-corrected chi connectivity index (χ0v) is 6.95. The van der Waals surface area contributed by atoms with E-state index in [1.807, 2.05) is 6.07 Å². The van der Waals surface area contributed by atoms with Crippen molar-refractivity contribution >= 4 is 11.6 Å². The Morgan fingerprint density at radius 2 is 2.23 bits per heavy atom. The lowest BCUT2D eigenvalue weighted by atomic mass is 10.2. The Morgan fingerprint density at radius 1 is 1.54 bits per heavy atom. The van der Waals surface area contributed by atoms with Crippen molar-refractivity contribution in [2.24, 2.45) is 0 Å². The molecular formula is C9H9N3O. The first-order valence-corrected chi connectivity index (χ1v) is 3.75. The number of hydrogen-bond acceptors (Lipinski definition) is 3. The Labute approximate surface area is 76.0 Å². The lowest BCUT2D eigenvalue weighted by Crippen LogP contribution is -2.24. The van der Waals surface area contributed by atoms with Crippen LogP contribution in [0.5, 0.6) is 0 Å². The molecule has 0 saturated heterocycles. The minimum absolute atomic E-state index is 0.00678. The Hall–Kier alpha value is -2.02. The van der Waals surface area contributed by atoms with Crippen molar-refractivity contribution in [2.45, 2.75) is 0 Å². The number of nitrogen functional groups attached to an aromatic ring is 1. The van der Waals surface area contributed by atoms with Crippen molar-refractivity contribution in [3.63, 3.8) is 0 Å². The molecular weight excluding hydrogens is 166 g/mol. The minimum Gasteiger partial charge on any atom is -0.398 e. The van der Waals surface area contributed by atoms with Gasteiger partial charge >= 0.3 is 0 Å². The van der Waals surface area contributed by atoms with Crippen molar-refractivity contribution in [1.82, 2.24) is 5.32 Å². The summed E-state index contributed by atoms with van der Waals surface area (Å²) < 4.78 is 0. The van der Waals surface area contributed by atoms with Gasteiger partial charge in [-0.25, -0.2) is 0 Å². The SMILES string of the molecule is N#CCNC(=O)c1ccccc1N. The molecule has 0 bridgehead atoms. The van der Waals surface area contributed by atoms with Crippen LogP contribution in [0.4, 0.5) is 5.69 Å². The van der Waals surface area contributed by atoms with Gasteiger partial charge in [-0.05, 0) is 12.1 Å². The molecule has 1 rings (SSSR count). The number of para-hydroxylation sites is 1. The second-order valence-electron chi connectivity index (χ2n) is 2.43. The maximum Gasteiger partial charge on any atom is 0.254 e. The van der Waals surface area contributed by atoms with Gasteiger partial charge in [-0.1, -0.05) is 12.1 Å². The van der Waals surface area contributed by atoms with Gasteiger partial charge in [0.05, 0.1) is 11.6 Å². The summed E-state index contributed by atoms with van der Waals surface area (Å²) in [5, 5.41) is 10.6. The number of nitrogens with zero attached hydrogens (tertiary/aromatic N) is 1. The monoisotopic (exact) mass is 175 g/mol. The van der Waals surface area contributed by atoms with Crippen LogP contribution < -0.4 is 11.1 Å². The number of benzene rings is 1. The molecule has 4 nitrogen and oxygen atoms in total. The lowest BCUT2D eigenvalue weighted by Gasteiger charge is -2.03. The van der Waals surface area contributed by atoms with Crippen LogP contribution in [0.2, 0.25) is 0 Å².